The molecule has 0 fully saturated rings. The molecule has 0 bridgehead atoms. The van der Waals surface area contributed by atoms with Crippen molar-refractivity contribution in [1.29, 1.82) is 0 Å². The molecule has 0 amide bonds. The molecule has 0 spiro atoms. The number of hydrogen-bond acceptors (Lipinski definition) is 7. The van der Waals surface area contributed by atoms with E-state index in [2.05, 4.69) is 21.3 Å². The second kappa shape index (κ2) is 11.0. The summed E-state index contributed by atoms with van der Waals surface area (Å²) < 4.78 is 4.46. The fraction of sp³-hybridized carbons (Fsp3) is 0.214. The van der Waals surface area contributed by atoms with Crippen LogP contribution in [0.5, 0.6) is 0 Å². The molecule has 7 nitrogen and oxygen atoms in total. The van der Waals surface area contributed by atoms with E-state index in [0.29, 0.717) is 16.9 Å². The van der Waals surface area contributed by atoms with E-state index >= 15 is 0 Å². The van der Waals surface area contributed by atoms with Crippen molar-refractivity contribution < 1.29 is 24.2 Å². The molecule has 7 heteroatoms. The molecule has 1 aromatic rings. The minimum Gasteiger partial charge on any atom is -0.460 e. The van der Waals surface area contributed by atoms with Crippen molar-refractivity contribution in [3.63, 3.8) is 0 Å². The number of ether oxygens (including phenoxy) is 1. The lowest BCUT2D eigenvalue weighted by molar-refractivity contribution is -0.139. The summed E-state index contributed by atoms with van der Waals surface area (Å²) >= 11 is 0. The molecule has 0 radical (unpaired) electrons. The second-order valence-electron chi connectivity index (χ2n) is 3.56. The molecule has 110 valence electrons. The summed E-state index contributed by atoms with van der Waals surface area (Å²) in [5.74, 6) is -0.455. The number of nitrogens with zero attached hydrogens (tertiary/aromatic N) is 2. The van der Waals surface area contributed by atoms with Crippen LogP contribution in [0.2, 0.25) is 0 Å². The van der Waals surface area contributed by atoms with E-state index in [1.165, 1.54) is 12.2 Å². The molecule has 0 unspecified atom stereocenters. The maximum absolute atomic E-state index is 10.5. The molecule has 0 saturated heterocycles. The van der Waals surface area contributed by atoms with Crippen molar-refractivity contribution >= 4 is 29.5 Å². The summed E-state index contributed by atoms with van der Waals surface area (Å²) in [7, 11) is 0. The third-order valence-corrected chi connectivity index (χ3v) is 1.87. The predicted molar refractivity (Wildman–Crippen MR) is 74.9 cm³/mol. The third kappa shape index (κ3) is 8.80. The summed E-state index contributed by atoms with van der Waals surface area (Å²) in [5.41, 5.74) is 1.31. The Bertz CT molecular complexity index is 531. The van der Waals surface area contributed by atoms with Crippen LogP contribution < -0.4 is 0 Å². The van der Waals surface area contributed by atoms with Crippen molar-refractivity contribution in [2.75, 3.05) is 13.2 Å². The van der Waals surface area contributed by atoms with E-state index in [-0.39, 0.29) is 13.2 Å². The fourth-order valence-electron chi connectivity index (χ4n) is 0.969. The van der Waals surface area contributed by atoms with Crippen LogP contribution in [0, 0.1) is 0 Å². The van der Waals surface area contributed by atoms with Crippen LogP contribution in [-0.2, 0) is 19.1 Å². The van der Waals surface area contributed by atoms with Gasteiger partial charge in [0.25, 0.3) is 0 Å². The standard InChI is InChI=1S/C8H4N2O2.C6H10O3/c11-5-9-7-1-2-8(4-3-7)10-6-12;1-5(2)6(8)9-4-3-7/h1-4H;7H,1,3-4H2,2H3. The molecule has 1 rings (SSSR count). The lowest BCUT2D eigenvalue weighted by atomic mass is 10.3. The molecule has 0 aromatic heterocycles. The second-order valence-corrected chi connectivity index (χ2v) is 3.56. The normalized spacial score (nSPS) is 8.29. The molecule has 0 aliphatic heterocycles. The number of rotatable bonds is 5. The van der Waals surface area contributed by atoms with E-state index in [1.807, 2.05) is 0 Å². The highest BCUT2D eigenvalue weighted by Crippen LogP contribution is 2.16. The number of carbonyl (C=O) groups excluding carboxylic acids is 3. The minimum absolute atomic E-state index is 0.0473. The first-order valence-electron chi connectivity index (χ1n) is 5.74. The first-order chi connectivity index (χ1) is 10.0. The predicted octanol–water partition coefficient (Wildman–Crippen LogP) is 1.72. The van der Waals surface area contributed by atoms with Gasteiger partial charge in [0.15, 0.2) is 0 Å². The zero-order valence-corrected chi connectivity index (χ0v) is 11.4. The number of benzene rings is 1. The van der Waals surface area contributed by atoms with Crippen LogP contribution in [0.25, 0.3) is 0 Å². The minimum atomic E-state index is -0.455. The van der Waals surface area contributed by atoms with Gasteiger partial charge in [-0.25, -0.2) is 14.4 Å². The molecule has 0 saturated carbocycles. The van der Waals surface area contributed by atoms with Crippen molar-refractivity contribution in [3.8, 4) is 0 Å². The number of carbonyl (C=O) groups is 1. The fourth-order valence-corrected chi connectivity index (χ4v) is 0.969. The van der Waals surface area contributed by atoms with Gasteiger partial charge in [0.05, 0.1) is 18.0 Å². The van der Waals surface area contributed by atoms with Crippen LogP contribution in [-0.4, -0.2) is 36.4 Å². The van der Waals surface area contributed by atoms with Gasteiger partial charge in [-0.1, -0.05) is 6.58 Å². The van der Waals surface area contributed by atoms with Crippen LogP contribution in [0.15, 0.2) is 46.4 Å². The Morgan fingerprint density at radius 1 is 1.19 bits per heavy atom. The average molecular weight is 290 g/mol. The Kier molecular flexibility index (Phi) is 9.52. The number of esters is 1. The molecular weight excluding hydrogens is 276 g/mol. The Labute approximate surface area is 121 Å². The van der Waals surface area contributed by atoms with E-state index in [9.17, 15) is 14.4 Å². The van der Waals surface area contributed by atoms with Gasteiger partial charge >= 0.3 is 5.97 Å². The molecule has 21 heavy (non-hydrogen) atoms. The quantitative estimate of drug-likeness (QED) is 0.384. The number of aliphatic imine (C=N–C) groups is 2. The molecule has 0 heterocycles. The topological polar surface area (TPSA) is 105 Å². The van der Waals surface area contributed by atoms with Gasteiger partial charge in [-0.05, 0) is 31.2 Å². The Balaban J connectivity index is 0.000000400. The number of isocyanates is 2. The van der Waals surface area contributed by atoms with Crippen LogP contribution in [0.3, 0.4) is 0 Å². The van der Waals surface area contributed by atoms with E-state index in [1.54, 1.807) is 31.2 Å². The van der Waals surface area contributed by atoms with Gasteiger partial charge in [0.2, 0.25) is 12.2 Å². The lowest BCUT2D eigenvalue weighted by Crippen LogP contribution is -2.08. The Hall–Kier alpha value is -2.85. The van der Waals surface area contributed by atoms with E-state index in [0.717, 1.165) is 0 Å². The third-order valence-electron chi connectivity index (χ3n) is 1.87. The SMILES string of the molecule is C=C(C)C(=O)OCCO.O=C=Nc1ccc(N=C=O)cc1. The molecule has 1 N–H and O–H groups in total. The van der Waals surface area contributed by atoms with Crippen LogP contribution in [0.4, 0.5) is 11.4 Å². The Morgan fingerprint density at radius 3 is 1.90 bits per heavy atom. The maximum Gasteiger partial charge on any atom is 0.333 e. The first kappa shape index (κ1) is 18.1. The summed E-state index contributed by atoms with van der Waals surface area (Å²) in [4.78, 5) is 36.8. The smallest absolute Gasteiger partial charge is 0.333 e. The van der Waals surface area contributed by atoms with Crippen LogP contribution >= 0.6 is 0 Å². The number of hydrogen-bond donors (Lipinski definition) is 1. The summed E-state index contributed by atoms with van der Waals surface area (Å²) in [6.45, 7) is 4.81. The van der Waals surface area contributed by atoms with Gasteiger partial charge in [-0.2, -0.15) is 9.98 Å². The molecule has 0 aliphatic carbocycles. The highest BCUT2D eigenvalue weighted by molar-refractivity contribution is 5.86. The largest absolute Gasteiger partial charge is 0.460 e. The van der Waals surface area contributed by atoms with Crippen molar-refractivity contribution in [2.24, 2.45) is 9.98 Å². The lowest BCUT2D eigenvalue weighted by Gasteiger charge is -1.99. The first-order valence-corrected chi connectivity index (χ1v) is 5.74. The van der Waals surface area contributed by atoms with E-state index < -0.39 is 5.97 Å². The van der Waals surface area contributed by atoms with Crippen molar-refractivity contribution in [1.82, 2.24) is 0 Å². The molecule has 1 aromatic carbocycles. The van der Waals surface area contributed by atoms with Crippen LogP contribution in [0.1, 0.15) is 6.92 Å². The van der Waals surface area contributed by atoms with Gasteiger partial charge < -0.3 is 9.84 Å². The summed E-state index contributed by atoms with van der Waals surface area (Å²) in [6, 6.07) is 6.23. The highest BCUT2D eigenvalue weighted by atomic mass is 16.5. The zero-order valence-electron chi connectivity index (χ0n) is 11.4. The summed E-state index contributed by atoms with van der Waals surface area (Å²) in [5, 5.41) is 8.19. The maximum atomic E-state index is 10.5. The average Bonchev–Trinajstić information content (AvgIpc) is 2.48. The number of aliphatic hydroxyl groups excluding tert-OH is 1. The summed E-state index contributed by atoms with van der Waals surface area (Å²) in [6.07, 6.45) is 2.80. The molecular formula is C14H14N2O5. The monoisotopic (exact) mass is 290 g/mol. The van der Waals surface area contributed by atoms with Crippen molar-refractivity contribution in [2.45, 2.75) is 6.92 Å². The van der Waals surface area contributed by atoms with Crippen molar-refractivity contribution in [3.05, 3.63) is 36.4 Å². The highest BCUT2D eigenvalue weighted by Gasteiger charge is 1.99. The Morgan fingerprint density at radius 2 is 1.62 bits per heavy atom. The molecule has 0 atom stereocenters. The van der Waals surface area contributed by atoms with Gasteiger partial charge in [0, 0.05) is 5.57 Å². The zero-order chi connectivity index (χ0) is 16.1. The van der Waals surface area contributed by atoms with Gasteiger partial charge in [-0.3, -0.25) is 0 Å². The molecule has 0 aliphatic rings. The van der Waals surface area contributed by atoms with Gasteiger partial charge in [-0.15, -0.1) is 0 Å². The van der Waals surface area contributed by atoms with Gasteiger partial charge in [0.1, 0.15) is 6.61 Å². The number of aliphatic hydroxyl groups is 1. The van der Waals surface area contributed by atoms with E-state index in [4.69, 9.17) is 5.11 Å².